The highest BCUT2D eigenvalue weighted by Crippen LogP contribution is 2.43. The van der Waals surface area contributed by atoms with Gasteiger partial charge in [0.15, 0.2) is 0 Å². The predicted molar refractivity (Wildman–Crippen MR) is 71.0 cm³/mol. The maximum Gasteiger partial charge on any atom is 0.307 e. The number of hydrogen-bond acceptors (Lipinski definition) is 3. The van der Waals surface area contributed by atoms with E-state index in [1.54, 1.807) is 0 Å². The molecule has 0 unspecified atom stereocenters. The summed E-state index contributed by atoms with van der Waals surface area (Å²) >= 11 is 0. The van der Waals surface area contributed by atoms with Gasteiger partial charge in [-0.1, -0.05) is 6.92 Å². The van der Waals surface area contributed by atoms with E-state index in [1.807, 2.05) is 24.0 Å². The molecule has 0 aromatic carbocycles. The molecule has 2 fully saturated rings. The molecule has 108 valence electrons. The van der Waals surface area contributed by atoms with Crippen LogP contribution in [0.25, 0.3) is 0 Å². The van der Waals surface area contributed by atoms with Crippen LogP contribution in [-0.4, -0.2) is 28.4 Å². The molecule has 5 nitrogen and oxygen atoms in total. The maximum absolute atomic E-state index is 12.4. The number of aliphatic carboxylic acids is 1. The molecule has 20 heavy (non-hydrogen) atoms. The van der Waals surface area contributed by atoms with Crippen LogP contribution in [0.3, 0.4) is 0 Å². The van der Waals surface area contributed by atoms with Crippen molar-refractivity contribution in [3.63, 3.8) is 0 Å². The summed E-state index contributed by atoms with van der Waals surface area (Å²) in [4.78, 5) is 25.1. The summed E-state index contributed by atoms with van der Waals surface area (Å²) in [6, 6.07) is 3.88. The number of amides is 1. The van der Waals surface area contributed by atoms with E-state index in [9.17, 15) is 9.59 Å². The van der Waals surface area contributed by atoms with Gasteiger partial charge in [-0.3, -0.25) is 9.59 Å². The minimum Gasteiger partial charge on any atom is -0.481 e. The lowest BCUT2D eigenvalue weighted by Gasteiger charge is -2.23. The van der Waals surface area contributed by atoms with E-state index in [-0.39, 0.29) is 17.9 Å². The molecule has 1 aliphatic carbocycles. The van der Waals surface area contributed by atoms with Crippen molar-refractivity contribution in [1.29, 1.82) is 0 Å². The second-order valence-corrected chi connectivity index (χ2v) is 5.63. The van der Waals surface area contributed by atoms with Crippen LogP contribution < -0.4 is 0 Å². The zero-order chi connectivity index (χ0) is 14.3. The van der Waals surface area contributed by atoms with Crippen molar-refractivity contribution in [2.45, 2.75) is 38.6 Å². The average Bonchev–Trinajstić information content (AvgIpc) is 2.87. The summed E-state index contributed by atoms with van der Waals surface area (Å²) in [6.07, 6.45) is 3.16. The van der Waals surface area contributed by atoms with E-state index in [0.717, 1.165) is 30.8 Å². The molecular formula is C15H19NO4. The Bertz CT molecular complexity index is 536. The summed E-state index contributed by atoms with van der Waals surface area (Å²) < 4.78 is 5.76. The lowest BCUT2D eigenvalue weighted by atomic mass is 10.1. The number of carboxylic acid groups (broad SMARTS) is 1. The van der Waals surface area contributed by atoms with Crippen molar-refractivity contribution in [3.8, 4) is 0 Å². The highest BCUT2D eigenvalue weighted by molar-refractivity contribution is 5.89. The first-order valence-corrected chi connectivity index (χ1v) is 7.23. The zero-order valence-corrected chi connectivity index (χ0v) is 11.5. The van der Waals surface area contributed by atoms with E-state index < -0.39 is 11.9 Å². The van der Waals surface area contributed by atoms with Crippen LogP contribution in [-0.2, 0) is 16.0 Å². The van der Waals surface area contributed by atoms with Gasteiger partial charge in [0.25, 0.3) is 0 Å². The van der Waals surface area contributed by atoms with Gasteiger partial charge in [-0.15, -0.1) is 0 Å². The Balaban J connectivity index is 1.72. The van der Waals surface area contributed by atoms with Crippen molar-refractivity contribution < 1.29 is 19.1 Å². The fourth-order valence-electron chi connectivity index (χ4n) is 3.04. The van der Waals surface area contributed by atoms with Crippen LogP contribution in [0, 0.1) is 11.8 Å². The Morgan fingerprint density at radius 1 is 1.40 bits per heavy atom. The number of rotatable bonds is 4. The highest BCUT2D eigenvalue weighted by atomic mass is 16.4. The van der Waals surface area contributed by atoms with Gasteiger partial charge in [-0.05, 0) is 31.4 Å². The molecule has 1 aromatic rings. The molecule has 0 radical (unpaired) electrons. The van der Waals surface area contributed by atoms with Gasteiger partial charge >= 0.3 is 5.97 Å². The van der Waals surface area contributed by atoms with Crippen molar-refractivity contribution >= 4 is 11.9 Å². The van der Waals surface area contributed by atoms with Crippen LogP contribution in [0.2, 0.25) is 0 Å². The molecular weight excluding hydrogens is 258 g/mol. The normalized spacial score (nSPS) is 28.6. The Kier molecular flexibility index (Phi) is 3.28. The van der Waals surface area contributed by atoms with Gasteiger partial charge in [0.05, 0.1) is 17.9 Å². The Labute approximate surface area is 117 Å². The zero-order valence-electron chi connectivity index (χ0n) is 11.5. The Hall–Kier alpha value is -1.78. The van der Waals surface area contributed by atoms with Crippen molar-refractivity contribution in [3.05, 3.63) is 23.7 Å². The third kappa shape index (κ3) is 2.21. The van der Waals surface area contributed by atoms with Gasteiger partial charge in [0.2, 0.25) is 5.91 Å². The Morgan fingerprint density at radius 2 is 2.20 bits per heavy atom. The first kappa shape index (κ1) is 13.2. The van der Waals surface area contributed by atoms with Crippen LogP contribution in [0.15, 0.2) is 16.5 Å². The summed E-state index contributed by atoms with van der Waals surface area (Å²) in [5.74, 6) is 0.0781. The van der Waals surface area contributed by atoms with Gasteiger partial charge in [0, 0.05) is 13.0 Å². The first-order chi connectivity index (χ1) is 9.61. The molecule has 5 heteroatoms. The second-order valence-electron chi connectivity index (χ2n) is 5.63. The van der Waals surface area contributed by atoms with E-state index in [4.69, 9.17) is 9.52 Å². The lowest BCUT2D eigenvalue weighted by molar-refractivity contribution is -0.142. The van der Waals surface area contributed by atoms with Crippen molar-refractivity contribution in [2.24, 2.45) is 11.8 Å². The monoisotopic (exact) mass is 277 g/mol. The number of hydrogen-bond donors (Lipinski definition) is 1. The quantitative estimate of drug-likeness (QED) is 0.916. The van der Waals surface area contributed by atoms with Gasteiger partial charge in [-0.25, -0.2) is 0 Å². The van der Waals surface area contributed by atoms with E-state index in [2.05, 4.69) is 0 Å². The van der Waals surface area contributed by atoms with Crippen LogP contribution in [0.1, 0.15) is 43.7 Å². The molecule has 1 saturated heterocycles. The minimum atomic E-state index is -0.856. The summed E-state index contributed by atoms with van der Waals surface area (Å²) in [5.41, 5.74) is 0. The number of carbonyl (C=O) groups excluding carboxylic acids is 1. The van der Waals surface area contributed by atoms with Crippen LogP contribution >= 0.6 is 0 Å². The largest absolute Gasteiger partial charge is 0.481 e. The third-order valence-corrected chi connectivity index (χ3v) is 4.32. The number of nitrogens with zero attached hydrogens (tertiary/aromatic N) is 1. The second kappa shape index (κ2) is 4.96. The van der Waals surface area contributed by atoms with Crippen LogP contribution in [0.4, 0.5) is 0 Å². The highest BCUT2D eigenvalue weighted by Gasteiger charge is 2.51. The van der Waals surface area contributed by atoms with E-state index in [1.165, 1.54) is 0 Å². The van der Waals surface area contributed by atoms with Crippen LogP contribution in [0.5, 0.6) is 0 Å². The first-order valence-electron chi connectivity index (χ1n) is 7.23. The van der Waals surface area contributed by atoms with Crippen molar-refractivity contribution in [2.75, 3.05) is 6.54 Å². The standard InChI is InChI=1S/C15H19NO4/c1-2-9-5-6-13(20-9)12-4-3-7-16(12)14(17)10-8-11(10)15(18)19/h5-6,10-12H,2-4,7-8H2,1H3,(H,18,19)/t10-,11-,12-/m0/s1. The molecule has 1 aliphatic heterocycles. The van der Waals surface area contributed by atoms with E-state index in [0.29, 0.717) is 13.0 Å². The van der Waals surface area contributed by atoms with Gasteiger partial charge in [-0.2, -0.15) is 0 Å². The molecule has 1 amide bonds. The molecule has 3 rings (SSSR count). The fraction of sp³-hybridized carbons (Fsp3) is 0.600. The summed E-state index contributed by atoms with van der Waals surface area (Å²) in [5, 5.41) is 8.94. The topological polar surface area (TPSA) is 70.8 Å². The predicted octanol–water partition coefficient (Wildman–Crippen LogP) is 2.23. The molecule has 2 heterocycles. The summed E-state index contributed by atoms with van der Waals surface area (Å²) in [7, 11) is 0. The number of carboxylic acids is 1. The third-order valence-electron chi connectivity index (χ3n) is 4.32. The molecule has 1 aromatic heterocycles. The molecule has 1 saturated carbocycles. The maximum atomic E-state index is 12.4. The van der Waals surface area contributed by atoms with Crippen molar-refractivity contribution in [1.82, 2.24) is 4.90 Å². The smallest absolute Gasteiger partial charge is 0.307 e. The lowest BCUT2D eigenvalue weighted by Crippen LogP contribution is -2.32. The molecule has 0 spiro atoms. The number of likely N-dealkylation sites (tertiary alicyclic amines) is 1. The average molecular weight is 277 g/mol. The van der Waals surface area contributed by atoms with E-state index >= 15 is 0 Å². The molecule has 2 aliphatic rings. The molecule has 0 bridgehead atoms. The minimum absolute atomic E-state index is 0.0159. The number of furan rings is 1. The number of aryl methyl sites for hydroxylation is 1. The Morgan fingerprint density at radius 3 is 2.80 bits per heavy atom. The SMILES string of the molecule is CCc1ccc([C@@H]2CCCN2C(=O)[C@H]2C[C@@H]2C(=O)O)o1. The summed E-state index contributed by atoms with van der Waals surface area (Å²) in [6.45, 7) is 2.73. The van der Waals surface area contributed by atoms with Gasteiger partial charge in [0.1, 0.15) is 11.5 Å². The number of carbonyl (C=O) groups is 2. The molecule has 3 atom stereocenters. The fourth-order valence-corrected chi connectivity index (χ4v) is 3.04. The van der Waals surface area contributed by atoms with Gasteiger partial charge < -0.3 is 14.4 Å². The molecule has 1 N–H and O–H groups in total.